The van der Waals surface area contributed by atoms with Crippen molar-refractivity contribution in [2.75, 3.05) is 33.3 Å². The number of ether oxygens (including phenoxy) is 1. The van der Waals surface area contributed by atoms with E-state index in [1.807, 2.05) is 18.9 Å². The number of nitrogens with zero attached hydrogens (tertiary/aromatic N) is 1. The summed E-state index contributed by atoms with van der Waals surface area (Å²) in [6.45, 7) is 4.24. The van der Waals surface area contributed by atoms with Crippen LogP contribution in [0, 0.1) is 11.7 Å². The van der Waals surface area contributed by atoms with E-state index in [9.17, 15) is 9.18 Å². The van der Waals surface area contributed by atoms with E-state index in [-0.39, 0.29) is 23.7 Å². The highest BCUT2D eigenvalue weighted by molar-refractivity contribution is 5.78. The van der Waals surface area contributed by atoms with E-state index in [1.54, 1.807) is 12.1 Å². The number of carbonyl (C=O) groups is 1. The molecule has 110 valence electrons. The van der Waals surface area contributed by atoms with Crippen LogP contribution in [-0.2, 0) is 9.53 Å². The van der Waals surface area contributed by atoms with Crippen molar-refractivity contribution < 1.29 is 13.9 Å². The minimum absolute atomic E-state index is 0.0491. The van der Waals surface area contributed by atoms with E-state index >= 15 is 0 Å². The predicted molar refractivity (Wildman–Crippen MR) is 74.8 cm³/mol. The Hall–Kier alpha value is -1.46. The fourth-order valence-electron chi connectivity index (χ4n) is 2.43. The van der Waals surface area contributed by atoms with Gasteiger partial charge in [0.2, 0.25) is 5.91 Å². The molecule has 0 aromatic heterocycles. The van der Waals surface area contributed by atoms with Crippen LogP contribution in [0.3, 0.4) is 0 Å². The predicted octanol–water partition coefficient (Wildman–Crippen LogP) is 1.58. The first-order chi connectivity index (χ1) is 9.61. The van der Waals surface area contributed by atoms with Gasteiger partial charge in [0.15, 0.2) is 0 Å². The zero-order chi connectivity index (χ0) is 14.5. The van der Waals surface area contributed by atoms with E-state index in [0.717, 1.165) is 5.56 Å². The van der Waals surface area contributed by atoms with Gasteiger partial charge in [-0.05, 0) is 24.7 Å². The van der Waals surface area contributed by atoms with E-state index in [4.69, 9.17) is 4.74 Å². The quantitative estimate of drug-likeness (QED) is 0.910. The van der Waals surface area contributed by atoms with E-state index in [1.165, 1.54) is 12.1 Å². The van der Waals surface area contributed by atoms with Gasteiger partial charge in [0.25, 0.3) is 0 Å². The Morgan fingerprint density at radius 1 is 1.50 bits per heavy atom. The van der Waals surface area contributed by atoms with Gasteiger partial charge in [-0.1, -0.05) is 19.1 Å². The van der Waals surface area contributed by atoms with Crippen LogP contribution < -0.4 is 5.32 Å². The van der Waals surface area contributed by atoms with Gasteiger partial charge in [0.05, 0.1) is 13.2 Å². The largest absolute Gasteiger partial charge is 0.370 e. The minimum atomic E-state index is -0.264. The third-order valence-corrected chi connectivity index (χ3v) is 3.55. The van der Waals surface area contributed by atoms with Gasteiger partial charge in [-0.3, -0.25) is 4.79 Å². The lowest BCUT2D eigenvalue weighted by Gasteiger charge is -2.34. The summed E-state index contributed by atoms with van der Waals surface area (Å²) in [5.41, 5.74) is 0.908. The van der Waals surface area contributed by atoms with Gasteiger partial charge in [-0.15, -0.1) is 0 Å². The number of amides is 1. The fraction of sp³-hybridized carbons (Fsp3) is 0.533. The zero-order valence-electron chi connectivity index (χ0n) is 11.9. The number of hydrogen-bond donors (Lipinski definition) is 1. The third-order valence-electron chi connectivity index (χ3n) is 3.55. The highest BCUT2D eigenvalue weighted by Crippen LogP contribution is 2.23. The molecule has 1 N–H and O–H groups in total. The minimum Gasteiger partial charge on any atom is -0.370 e. The van der Waals surface area contributed by atoms with Crippen molar-refractivity contribution in [3.05, 3.63) is 35.6 Å². The molecule has 1 aromatic rings. The van der Waals surface area contributed by atoms with Crippen LogP contribution in [0.15, 0.2) is 24.3 Å². The number of halogens is 1. The van der Waals surface area contributed by atoms with Gasteiger partial charge in [-0.2, -0.15) is 0 Å². The van der Waals surface area contributed by atoms with Crippen molar-refractivity contribution in [2.45, 2.75) is 13.0 Å². The Morgan fingerprint density at radius 2 is 2.20 bits per heavy atom. The summed E-state index contributed by atoms with van der Waals surface area (Å²) < 4.78 is 18.6. The number of rotatable bonds is 4. The first-order valence-corrected chi connectivity index (χ1v) is 6.92. The molecule has 0 bridgehead atoms. The molecule has 20 heavy (non-hydrogen) atoms. The molecule has 0 saturated carbocycles. The first kappa shape index (κ1) is 14.9. The molecule has 0 radical (unpaired) electrons. The Kier molecular flexibility index (Phi) is 5.09. The summed E-state index contributed by atoms with van der Waals surface area (Å²) >= 11 is 0. The Bertz CT molecular complexity index is 450. The summed E-state index contributed by atoms with van der Waals surface area (Å²) in [6, 6.07) is 6.27. The standard InChI is InChI=1S/C15H21FN2O2/c1-11(9-17-2)15(19)18-7-8-20-14(10-18)12-3-5-13(16)6-4-12/h3-6,11,14,17H,7-10H2,1-2H3. The number of benzene rings is 1. The van der Waals surface area contributed by atoms with Crippen LogP contribution in [0.2, 0.25) is 0 Å². The summed E-state index contributed by atoms with van der Waals surface area (Å²) in [6.07, 6.45) is -0.171. The molecule has 2 rings (SSSR count). The van der Waals surface area contributed by atoms with Crippen LogP contribution in [-0.4, -0.2) is 44.1 Å². The van der Waals surface area contributed by atoms with Crippen molar-refractivity contribution in [3.8, 4) is 0 Å². The second kappa shape index (κ2) is 6.81. The maximum atomic E-state index is 12.9. The molecule has 0 spiro atoms. The average molecular weight is 280 g/mol. The maximum absolute atomic E-state index is 12.9. The second-order valence-corrected chi connectivity index (χ2v) is 5.15. The molecule has 1 amide bonds. The molecule has 1 heterocycles. The summed E-state index contributed by atoms with van der Waals surface area (Å²) in [4.78, 5) is 14.1. The van der Waals surface area contributed by atoms with E-state index < -0.39 is 0 Å². The number of nitrogens with one attached hydrogen (secondary N) is 1. The lowest BCUT2D eigenvalue weighted by molar-refractivity contribution is -0.142. The summed E-state index contributed by atoms with van der Waals surface area (Å²) in [5, 5.41) is 3.02. The van der Waals surface area contributed by atoms with Crippen LogP contribution in [0.5, 0.6) is 0 Å². The molecule has 2 unspecified atom stereocenters. The SMILES string of the molecule is CNCC(C)C(=O)N1CCOC(c2ccc(F)cc2)C1. The number of hydrogen-bond acceptors (Lipinski definition) is 3. The Morgan fingerprint density at radius 3 is 2.85 bits per heavy atom. The normalized spacial score (nSPS) is 20.8. The monoisotopic (exact) mass is 280 g/mol. The van der Waals surface area contributed by atoms with Gasteiger partial charge in [0.1, 0.15) is 11.9 Å². The highest BCUT2D eigenvalue weighted by Gasteiger charge is 2.27. The molecule has 1 aromatic carbocycles. The number of carbonyl (C=O) groups excluding carboxylic acids is 1. The number of morpholine rings is 1. The van der Waals surface area contributed by atoms with Crippen molar-refractivity contribution in [1.29, 1.82) is 0 Å². The lowest BCUT2D eigenvalue weighted by Crippen LogP contribution is -2.46. The Balaban J connectivity index is 2.01. The molecule has 5 heteroatoms. The molecule has 2 atom stereocenters. The second-order valence-electron chi connectivity index (χ2n) is 5.15. The molecule has 1 fully saturated rings. The first-order valence-electron chi connectivity index (χ1n) is 6.92. The molecule has 1 aliphatic rings. The summed E-state index contributed by atoms with van der Waals surface area (Å²) in [5.74, 6) is -0.179. The van der Waals surface area contributed by atoms with Crippen LogP contribution >= 0.6 is 0 Å². The van der Waals surface area contributed by atoms with Gasteiger partial charge in [-0.25, -0.2) is 4.39 Å². The van der Waals surface area contributed by atoms with Crippen molar-refractivity contribution in [3.63, 3.8) is 0 Å². The van der Waals surface area contributed by atoms with Crippen LogP contribution in [0.4, 0.5) is 4.39 Å². The third kappa shape index (κ3) is 3.55. The van der Waals surface area contributed by atoms with E-state index in [0.29, 0.717) is 26.2 Å². The van der Waals surface area contributed by atoms with E-state index in [2.05, 4.69) is 5.32 Å². The average Bonchev–Trinajstić information content (AvgIpc) is 2.47. The zero-order valence-corrected chi connectivity index (χ0v) is 11.9. The smallest absolute Gasteiger partial charge is 0.226 e. The molecular weight excluding hydrogens is 259 g/mol. The van der Waals surface area contributed by atoms with Crippen molar-refractivity contribution in [2.24, 2.45) is 5.92 Å². The fourth-order valence-corrected chi connectivity index (χ4v) is 2.43. The van der Waals surface area contributed by atoms with Crippen molar-refractivity contribution in [1.82, 2.24) is 10.2 Å². The van der Waals surface area contributed by atoms with Crippen molar-refractivity contribution >= 4 is 5.91 Å². The molecule has 4 nitrogen and oxygen atoms in total. The molecular formula is C15H21FN2O2. The molecule has 1 aliphatic heterocycles. The summed E-state index contributed by atoms with van der Waals surface area (Å²) in [7, 11) is 1.84. The van der Waals surface area contributed by atoms with Gasteiger partial charge >= 0.3 is 0 Å². The highest BCUT2D eigenvalue weighted by atomic mass is 19.1. The Labute approximate surface area is 118 Å². The topological polar surface area (TPSA) is 41.6 Å². The van der Waals surface area contributed by atoms with Gasteiger partial charge in [0, 0.05) is 19.0 Å². The lowest BCUT2D eigenvalue weighted by atomic mass is 10.1. The van der Waals surface area contributed by atoms with Crippen LogP contribution in [0.1, 0.15) is 18.6 Å². The molecule has 0 aliphatic carbocycles. The van der Waals surface area contributed by atoms with Crippen LogP contribution in [0.25, 0.3) is 0 Å². The molecule has 1 saturated heterocycles. The van der Waals surface area contributed by atoms with Gasteiger partial charge < -0.3 is 15.0 Å². The maximum Gasteiger partial charge on any atom is 0.226 e.